The number of aromatic nitrogens is 1. The van der Waals surface area contributed by atoms with E-state index in [4.69, 9.17) is 16.3 Å². The number of H-pyrrole nitrogens is 1. The molecule has 1 aromatic rings. The average molecular weight is 297 g/mol. The molecule has 2 heterocycles. The van der Waals surface area contributed by atoms with Gasteiger partial charge in [-0.2, -0.15) is 0 Å². The summed E-state index contributed by atoms with van der Waals surface area (Å²) in [6, 6.07) is 1.70. The van der Waals surface area contributed by atoms with Crippen molar-refractivity contribution in [1.29, 1.82) is 0 Å². The molecule has 4 nitrogen and oxygen atoms in total. The van der Waals surface area contributed by atoms with Crippen LogP contribution in [0.4, 0.5) is 0 Å². The zero-order valence-electron chi connectivity index (χ0n) is 11.6. The Morgan fingerprint density at radius 1 is 1.35 bits per heavy atom. The van der Waals surface area contributed by atoms with Crippen LogP contribution < -0.4 is 0 Å². The van der Waals surface area contributed by atoms with Crippen LogP contribution in [0.3, 0.4) is 0 Å². The Hall–Kier alpha value is -1.00. The zero-order chi connectivity index (χ0) is 13.9. The van der Waals surface area contributed by atoms with Crippen LogP contribution in [0.25, 0.3) is 0 Å². The number of amides is 1. The summed E-state index contributed by atoms with van der Waals surface area (Å²) in [5.41, 5.74) is 0.576. The number of carbonyl (C=O) groups excluding carboxylic acids is 1. The molecule has 1 amide bonds. The first kappa shape index (κ1) is 14.0. The van der Waals surface area contributed by atoms with E-state index in [0.29, 0.717) is 23.2 Å². The second-order valence-corrected chi connectivity index (χ2v) is 6.31. The predicted molar refractivity (Wildman–Crippen MR) is 78.0 cm³/mol. The van der Waals surface area contributed by atoms with Gasteiger partial charge in [-0.1, -0.05) is 18.0 Å². The molecule has 0 spiro atoms. The minimum absolute atomic E-state index is 0.0410. The minimum atomic E-state index is 0.0410. The molecule has 1 aromatic heterocycles. The van der Waals surface area contributed by atoms with Gasteiger partial charge in [0.1, 0.15) is 5.69 Å². The number of rotatable bonds is 5. The zero-order valence-corrected chi connectivity index (χ0v) is 12.4. The summed E-state index contributed by atoms with van der Waals surface area (Å²) in [5.74, 6) is 0.699. The summed E-state index contributed by atoms with van der Waals surface area (Å²) in [6.07, 6.45) is 7.78. The van der Waals surface area contributed by atoms with Gasteiger partial charge in [-0.05, 0) is 37.7 Å². The number of hydrogen-bond donors (Lipinski definition) is 1. The summed E-state index contributed by atoms with van der Waals surface area (Å²) in [7, 11) is 0. The van der Waals surface area contributed by atoms with Crippen LogP contribution in [0.1, 0.15) is 42.6 Å². The third kappa shape index (κ3) is 3.18. The van der Waals surface area contributed by atoms with E-state index < -0.39 is 0 Å². The third-order valence-corrected chi connectivity index (χ3v) is 4.53. The largest absolute Gasteiger partial charge is 0.376 e. The molecule has 1 saturated heterocycles. The van der Waals surface area contributed by atoms with Gasteiger partial charge < -0.3 is 14.6 Å². The fourth-order valence-corrected chi connectivity index (χ4v) is 3.09. The normalized spacial score (nSPS) is 22.8. The lowest BCUT2D eigenvalue weighted by molar-refractivity contribution is 0.0444. The lowest BCUT2D eigenvalue weighted by Gasteiger charge is -2.33. The topological polar surface area (TPSA) is 45.3 Å². The van der Waals surface area contributed by atoms with Gasteiger partial charge >= 0.3 is 0 Å². The number of halogens is 1. The summed E-state index contributed by atoms with van der Waals surface area (Å²) in [6.45, 7) is 2.37. The second-order valence-electron chi connectivity index (χ2n) is 5.87. The molecule has 0 aromatic carbocycles. The maximum atomic E-state index is 12.6. The first-order valence-corrected chi connectivity index (χ1v) is 7.85. The van der Waals surface area contributed by atoms with Crippen molar-refractivity contribution in [2.24, 2.45) is 5.92 Å². The lowest BCUT2D eigenvalue weighted by atomic mass is 9.85. The molecule has 1 aliphatic carbocycles. The standard InChI is InChI=1S/C15H21ClN2O2/c16-12-7-14(17-8-12)15(19)18(9-11-3-1-4-11)10-13-5-2-6-20-13/h7-8,11,13,17H,1-6,9-10H2/t13-/m0/s1. The predicted octanol–water partition coefficient (Wildman–Crippen LogP) is 3.09. The highest BCUT2D eigenvalue weighted by atomic mass is 35.5. The molecule has 20 heavy (non-hydrogen) atoms. The Labute approximate surface area is 124 Å². The van der Waals surface area contributed by atoms with E-state index >= 15 is 0 Å². The van der Waals surface area contributed by atoms with E-state index in [-0.39, 0.29) is 12.0 Å². The van der Waals surface area contributed by atoms with E-state index in [0.717, 1.165) is 26.0 Å². The van der Waals surface area contributed by atoms with E-state index in [2.05, 4.69) is 4.98 Å². The van der Waals surface area contributed by atoms with Crippen molar-refractivity contribution < 1.29 is 9.53 Å². The smallest absolute Gasteiger partial charge is 0.270 e. The Morgan fingerprint density at radius 3 is 2.75 bits per heavy atom. The highest BCUT2D eigenvalue weighted by Crippen LogP contribution is 2.28. The van der Waals surface area contributed by atoms with Crippen LogP contribution >= 0.6 is 11.6 Å². The number of nitrogens with one attached hydrogen (secondary N) is 1. The monoisotopic (exact) mass is 296 g/mol. The molecular formula is C15H21ClN2O2. The van der Waals surface area contributed by atoms with Crippen LogP contribution in [0.15, 0.2) is 12.3 Å². The van der Waals surface area contributed by atoms with E-state index in [1.54, 1.807) is 12.3 Å². The summed E-state index contributed by atoms with van der Waals surface area (Å²) >= 11 is 5.90. The maximum absolute atomic E-state index is 12.6. The number of hydrogen-bond acceptors (Lipinski definition) is 2. The highest BCUT2D eigenvalue weighted by Gasteiger charge is 2.28. The van der Waals surface area contributed by atoms with Crippen molar-refractivity contribution in [2.45, 2.75) is 38.2 Å². The van der Waals surface area contributed by atoms with Crippen molar-refractivity contribution in [2.75, 3.05) is 19.7 Å². The Morgan fingerprint density at radius 2 is 2.20 bits per heavy atom. The summed E-state index contributed by atoms with van der Waals surface area (Å²) in [4.78, 5) is 17.5. The van der Waals surface area contributed by atoms with Crippen LogP contribution in [-0.4, -0.2) is 41.6 Å². The molecular weight excluding hydrogens is 276 g/mol. The van der Waals surface area contributed by atoms with Gasteiger partial charge in [0.15, 0.2) is 0 Å². The van der Waals surface area contributed by atoms with Gasteiger partial charge in [0.2, 0.25) is 0 Å². The van der Waals surface area contributed by atoms with Gasteiger partial charge in [-0.25, -0.2) is 0 Å². The van der Waals surface area contributed by atoms with E-state index in [1.807, 2.05) is 4.90 Å². The molecule has 1 saturated carbocycles. The molecule has 110 valence electrons. The molecule has 1 aliphatic heterocycles. The number of ether oxygens (including phenoxy) is 1. The first-order valence-electron chi connectivity index (χ1n) is 7.47. The van der Waals surface area contributed by atoms with Crippen LogP contribution in [0, 0.1) is 5.92 Å². The third-order valence-electron chi connectivity index (χ3n) is 4.32. The fourth-order valence-electron chi connectivity index (χ4n) is 2.92. The molecule has 0 bridgehead atoms. The summed E-state index contributed by atoms with van der Waals surface area (Å²) in [5, 5.41) is 0.578. The Balaban J connectivity index is 1.67. The molecule has 1 atom stereocenters. The number of carbonyl (C=O) groups is 1. The molecule has 0 unspecified atom stereocenters. The van der Waals surface area contributed by atoms with E-state index in [1.165, 1.54) is 19.3 Å². The molecule has 5 heteroatoms. The second kappa shape index (κ2) is 6.19. The van der Waals surface area contributed by atoms with Crippen LogP contribution in [-0.2, 0) is 4.74 Å². The maximum Gasteiger partial charge on any atom is 0.270 e. The van der Waals surface area contributed by atoms with Crippen LogP contribution in [0.5, 0.6) is 0 Å². The van der Waals surface area contributed by atoms with Gasteiger partial charge in [-0.3, -0.25) is 4.79 Å². The summed E-state index contributed by atoms with van der Waals surface area (Å²) < 4.78 is 5.68. The number of nitrogens with zero attached hydrogens (tertiary/aromatic N) is 1. The van der Waals surface area contributed by atoms with Gasteiger partial charge in [-0.15, -0.1) is 0 Å². The molecule has 2 fully saturated rings. The molecule has 0 radical (unpaired) electrons. The SMILES string of the molecule is O=C(c1cc(Cl)c[nH]1)N(CC1CCC1)C[C@@H]1CCCO1. The van der Waals surface area contributed by atoms with Crippen molar-refractivity contribution in [3.63, 3.8) is 0 Å². The quantitative estimate of drug-likeness (QED) is 0.907. The highest BCUT2D eigenvalue weighted by molar-refractivity contribution is 6.30. The molecule has 2 aliphatic rings. The van der Waals surface area contributed by atoms with Crippen molar-refractivity contribution in [1.82, 2.24) is 9.88 Å². The van der Waals surface area contributed by atoms with Gasteiger partial charge in [0, 0.05) is 25.9 Å². The van der Waals surface area contributed by atoms with Crippen molar-refractivity contribution in [3.05, 3.63) is 23.0 Å². The fraction of sp³-hybridized carbons (Fsp3) is 0.667. The van der Waals surface area contributed by atoms with Gasteiger partial charge in [0.25, 0.3) is 5.91 Å². The van der Waals surface area contributed by atoms with E-state index in [9.17, 15) is 4.79 Å². The van der Waals surface area contributed by atoms with Crippen molar-refractivity contribution in [3.8, 4) is 0 Å². The Bertz CT molecular complexity index is 464. The minimum Gasteiger partial charge on any atom is -0.376 e. The number of aromatic amines is 1. The lowest BCUT2D eigenvalue weighted by Crippen LogP contribution is -2.42. The Kier molecular flexibility index (Phi) is 4.32. The van der Waals surface area contributed by atoms with Crippen molar-refractivity contribution >= 4 is 17.5 Å². The van der Waals surface area contributed by atoms with Gasteiger partial charge in [0.05, 0.1) is 11.1 Å². The van der Waals surface area contributed by atoms with Crippen LogP contribution in [0.2, 0.25) is 5.02 Å². The first-order chi connectivity index (χ1) is 9.72. The molecule has 3 rings (SSSR count). The molecule has 1 N–H and O–H groups in total. The average Bonchev–Trinajstić information content (AvgIpc) is 3.02.